The van der Waals surface area contributed by atoms with Crippen LogP contribution >= 0.6 is 0 Å². The van der Waals surface area contributed by atoms with E-state index in [0.717, 1.165) is 24.6 Å². The van der Waals surface area contributed by atoms with Crippen molar-refractivity contribution in [2.75, 3.05) is 6.54 Å². The van der Waals surface area contributed by atoms with Gasteiger partial charge in [-0.2, -0.15) is 0 Å². The first-order valence-electron chi connectivity index (χ1n) is 6.65. The van der Waals surface area contributed by atoms with Gasteiger partial charge in [-0.05, 0) is 44.2 Å². The number of hydrogen-bond donors (Lipinski definition) is 1. The molecule has 2 heteroatoms. The molecule has 1 aliphatic carbocycles. The molecule has 1 saturated carbocycles. The smallest absolute Gasteiger partial charge is 0.123 e. The standard InChI is InChI=1S/C15H21NO/c1-15(2,12-7-8-12)16-10-13-9-11-5-3-4-6-14(11)17-13/h3-6,12-13,16H,7-10H2,1-2H3. The van der Waals surface area contributed by atoms with Crippen LogP contribution in [-0.4, -0.2) is 18.2 Å². The van der Waals surface area contributed by atoms with Gasteiger partial charge in [0.15, 0.2) is 0 Å². The highest BCUT2D eigenvalue weighted by Gasteiger charge is 2.38. The Hall–Kier alpha value is -1.02. The highest BCUT2D eigenvalue weighted by atomic mass is 16.5. The zero-order valence-corrected chi connectivity index (χ0v) is 10.7. The van der Waals surface area contributed by atoms with Crippen molar-refractivity contribution < 1.29 is 4.74 Å². The van der Waals surface area contributed by atoms with Crippen molar-refractivity contribution in [1.29, 1.82) is 0 Å². The number of ether oxygens (including phenoxy) is 1. The van der Waals surface area contributed by atoms with Crippen LogP contribution in [0.3, 0.4) is 0 Å². The quantitative estimate of drug-likeness (QED) is 0.860. The first-order valence-corrected chi connectivity index (χ1v) is 6.65. The number of fused-ring (bicyclic) bond motifs is 1. The summed E-state index contributed by atoms with van der Waals surface area (Å²) in [6.07, 6.45) is 4.12. The summed E-state index contributed by atoms with van der Waals surface area (Å²) in [5.41, 5.74) is 1.63. The van der Waals surface area contributed by atoms with Gasteiger partial charge in [-0.15, -0.1) is 0 Å². The number of para-hydroxylation sites is 1. The molecular weight excluding hydrogens is 210 g/mol. The van der Waals surface area contributed by atoms with Crippen molar-refractivity contribution >= 4 is 0 Å². The third-order valence-electron chi connectivity index (χ3n) is 4.10. The maximum atomic E-state index is 5.94. The molecule has 1 N–H and O–H groups in total. The van der Waals surface area contributed by atoms with E-state index >= 15 is 0 Å². The second-order valence-electron chi connectivity index (χ2n) is 5.93. The Kier molecular flexibility index (Phi) is 2.62. The van der Waals surface area contributed by atoms with E-state index in [4.69, 9.17) is 4.74 Å². The first-order chi connectivity index (χ1) is 8.15. The van der Waals surface area contributed by atoms with Crippen molar-refractivity contribution in [1.82, 2.24) is 5.32 Å². The summed E-state index contributed by atoms with van der Waals surface area (Å²) < 4.78 is 5.94. The van der Waals surface area contributed by atoms with Crippen molar-refractivity contribution in [3.63, 3.8) is 0 Å². The maximum absolute atomic E-state index is 5.94. The van der Waals surface area contributed by atoms with Gasteiger partial charge in [0.1, 0.15) is 11.9 Å². The van der Waals surface area contributed by atoms with Crippen LogP contribution in [0.4, 0.5) is 0 Å². The fraction of sp³-hybridized carbons (Fsp3) is 0.600. The van der Waals surface area contributed by atoms with Crippen LogP contribution in [0, 0.1) is 5.92 Å². The van der Waals surface area contributed by atoms with E-state index in [1.54, 1.807) is 0 Å². The second kappa shape index (κ2) is 4.02. The van der Waals surface area contributed by atoms with Gasteiger partial charge in [0.05, 0.1) is 0 Å². The van der Waals surface area contributed by atoms with Gasteiger partial charge in [-0.1, -0.05) is 18.2 Å². The van der Waals surface area contributed by atoms with Gasteiger partial charge in [0, 0.05) is 18.5 Å². The van der Waals surface area contributed by atoms with Gasteiger partial charge < -0.3 is 10.1 Å². The molecule has 1 aliphatic heterocycles. The molecule has 0 radical (unpaired) electrons. The van der Waals surface area contributed by atoms with Gasteiger partial charge in [0.25, 0.3) is 0 Å². The lowest BCUT2D eigenvalue weighted by molar-refractivity contribution is 0.202. The average Bonchev–Trinajstić information content (AvgIpc) is 3.07. The Morgan fingerprint density at radius 2 is 2.06 bits per heavy atom. The minimum atomic E-state index is 0.276. The number of benzene rings is 1. The topological polar surface area (TPSA) is 21.3 Å². The van der Waals surface area contributed by atoms with Gasteiger partial charge in [-0.25, -0.2) is 0 Å². The first kappa shape index (κ1) is 11.1. The number of hydrogen-bond acceptors (Lipinski definition) is 2. The minimum Gasteiger partial charge on any atom is -0.488 e. The molecule has 1 unspecified atom stereocenters. The van der Waals surface area contributed by atoms with E-state index in [2.05, 4.69) is 37.4 Å². The largest absolute Gasteiger partial charge is 0.488 e. The van der Waals surface area contributed by atoms with Crippen molar-refractivity contribution in [3.05, 3.63) is 29.8 Å². The zero-order chi connectivity index (χ0) is 11.9. The molecule has 1 aromatic rings. The molecule has 0 bridgehead atoms. The van der Waals surface area contributed by atoms with Gasteiger partial charge in [-0.3, -0.25) is 0 Å². The molecule has 0 amide bonds. The Bertz CT molecular complexity index is 384. The van der Waals surface area contributed by atoms with Crippen LogP contribution in [0.1, 0.15) is 32.3 Å². The van der Waals surface area contributed by atoms with Crippen LogP contribution in [-0.2, 0) is 6.42 Å². The highest BCUT2D eigenvalue weighted by Crippen LogP contribution is 2.39. The predicted octanol–water partition coefficient (Wildman–Crippen LogP) is 2.77. The summed E-state index contributed by atoms with van der Waals surface area (Å²) in [5, 5.41) is 3.67. The Morgan fingerprint density at radius 1 is 1.29 bits per heavy atom. The van der Waals surface area contributed by atoms with Crippen LogP contribution in [0.2, 0.25) is 0 Å². The molecule has 17 heavy (non-hydrogen) atoms. The summed E-state index contributed by atoms with van der Waals surface area (Å²) in [6.45, 7) is 5.58. The molecule has 1 aromatic carbocycles. The van der Waals surface area contributed by atoms with Crippen LogP contribution < -0.4 is 10.1 Å². The molecule has 0 aromatic heterocycles. The van der Waals surface area contributed by atoms with E-state index < -0.39 is 0 Å². The van der Waals surface area contributed by atoms with Crippen molar-refractivity contribution in [2.24, 2.45) is 5.92 Å². The monoisotopic (exact) mass is 231 g/mol. The van der Waals surface area contributed by atoms with E-state index in [1.165, 1.54) is 18.4 Å². The normalized spacial score (nSPS) is 23.3. The molecule has 1 atom stereocenters. The molecule has 1 heterocycles. The zero-order valence-electron chi connectivity index (χ0n) is 10.7. The Balaban J connectivity index is 1.55. The molecule has 2 nitrogen and oxygen atoms in total. The lowest BCUT2D eigenvalue weighted by Gasteiger charge is -2.27. The van der Waals surface area contributed by atoms with E-state index in [-0.39, 0.29) is 5.54 Å². The predicted molar refractivity (Wildman–Crippen MR) is 69.4 cm³/mol. The highest BCUT2D eigenvalue weighted by molar-refractivity contribution is 5.37. The SMILES string of the molecule is CC(C)(NCC1Cc2ccccc2O1)C1CC1. The summed E-state index contributed by atoms with van der Waals surface area (Å²) in [4.78, 5) is 0. The van der Waals surface area contributed by atoms with Crippen LogP contribution in [0.25, 0.3) is 0 Å². The molecule has 1 fully saturated rings. The Morgan fingerprint density at radius 3 is 2.76 bits per heavy atom. The van der Waals surface area contributed by atoms with E-state index in [1.807, 2.05) is 6.07 Å². The fourth-order valence-corrected chi connectivity index (χ4v) is 2.69. The molecule has 2 aliphatic rings. The molecule has 3 rings (SSSR count). The van der Waals surface area contributed by atoms with Crippen molar-refractivity contribution in [2.45, 2.75) is 44.8 Å². The van der Waals surface area contributed by atoms with Crippen LogP contribution in [0.5, 0.6) is 5.75 Å². The van der Waals surface area contributed by atoms with Crippen LogP contribution in [0.15, 0.2) is 24.3 Å². The lowest BCUT2D eigenvalue weighted by Crippen LogP contribution is -2.46. The van der Waals surface area contributed by atoms with Crippen molar-refractivity contribution in [3.8, 4) is 5.75 Å². The second-order valence-corrected chi connectivity index (χ2v) is 5.93. The average molecular weight is 231 g/mol. The number of nitrogens with one attached hydrogen (secondary N) is 1. The summed E-state index contributed by atoms with van der Waals surface area (Å²) in [5.74, 6) is 1.94. The number of rotatable bonds is 4. The van der Waals surface area contributed by atoms with Gasteiger partial charge in [0.2, 0.25) is 0 Å². The van der Waals surface area contributed by atoms with E-state index in [9.17, 15) is 0 Å². The maximum Gasteiger partial charge on any atom is 0.123 e. The molecule has 0 saturated heterocycles. The molecule has 92 valence electrons. The van der Waals surface area contributed by atoms with E-state index in [0.29, 0.717) is 6.10 Å². The van der Waals surface area contributed by atoms with Gasteiger partial charge >= 0.3 is 0 Å². The minimum absolute atomic E-state index is 0.276. The summed E-state index contributed by atoms with van der Waals surface area (Å²) in [7, 11) is 0. The summed E-state index contributed by atoms with van der Waals surface area (Å²) >= 11 is 0. The summed E-state index contributed by atoms with van der Waals surface area (Å²) in [6, 6.07) is 8.37. The lowest BCUT2D eigenvalue weighted by atomic mass is 9.98. The molecule has 0 spiro atoms. The Labute approximate surface area is 103 Å². The fourth-order valence-electron chi connectivity index (χ4n) is 2.69. The molecular formula is C15H21NO. The third-order valence-corrected chi connectivity index (χ3v) is 4.10. The third kappa shape index (κ3) is 2.32.